The maximum atomic E-state index is 5.23. The van der Waals surface area contributed by atoms with Crippen LogP contribution in [0.1, 0.15) is 0 Å². The maximum absolute atomic E-state index is 5.23. The Balaban J connectivity index is 0.000000461. The van der Waals surface area contributed by atoms with E-state index in [-0.39, 0.29) is 0 Å². The molecule has 72 valence electrons. The van der Waals surface area contributed by atoms with Gasteiger partial charge in [-0.2, -0.15) is 0 Å². The minimum Gasteiger partial charge on any atom is -0.496 e. The van der Waals surface area contributed by atoms with Crippen LogP contribution in [0, 0.1) is 0 Å². The third-order valence-electron chi connectivity index (χ3n) is 1.97. The van der Waals surface area contributed by atoms with Gasteiger partial charge < -0.3 is 4.74 Å². The number of benzene rings is 2. The van der Waals surface area contributed by atoms with E-state index in [0.29, 0.717) is 0 Å². The Hall–Kier alpha value is -1.76. The molecule has 0 amide bonds. The van der Waals surface area contributed by atoms with Crippen molar-refractivity contribution in [2.45, 2.75) is 0 Å². The number of hydrogen-bond acceptors (Lipinski definition) is 1. The summed E-state index contributed by atoms with van der Waals surface area (Å²) in [6.07, 6.45) is 0. The van der Waals surface area contributed by atoms with Crippen LogP contribution in [0.2, 0.25) is 0 Å². The van der Waals surface area contributed by atoms with Gasteiger partial charge in [0.2, 0.25) is 0 Å². The highest BCUT2D eigenvalue weighted by Crippen LogP contribution is 2.24. The van der Waals surface area contributed by atoms with Gasteiger partial charge in [-0.15, -0.1) is 13.2 Å². The van der Waals surface area contributed by atoms with E-state index in [1.165, 1.54) is 10.8 Å². The predicted octanol–water partition coefficient (Wildman–Crippen LogP) is 3.65. The first-order chi connectivity index (χ1) is 6.92. The summed E-state index contributed by atoms with van der Waals surface area (Å²) in [5.41, 5.74) is 0. The molecule has 0 bridgehead atoms. The molecule has 1 nitrogen and oxygen atoms in total. The second-order valence-electron chi connectivity index (χ2n) is 2.68. The zero-order chi connectivity index (χ0) is 10.4. The van der Waals surface area contributed by atoms with Gasteiger partial charge in [0.05, 0.1) is 7.11 Å². The van der Waals surface area contributed by atoms with E-state index < -0.39 is 0 Å². The quantitative estimate of drug-likeness (QED) is 0.618. The fourth-order valence-corrected chi connectivity index (χ4v) is 1.37. The molecule has 2 aromatic rings. The van der Waals surface area contributed by atoms with Gasteiger partial charge in [-0.3, -0.25) is 0 Å². The lowest BCUT2D eigenvalue weighted by Crippen LogP contribution is -1.83. The standard InChI is InChI=1S/C11H10O.C2H4/c1-12-11-8-4-6-9-5-2-3-7-10(9)11;1-2/h2-8H,1H3;1-2H2. The molecule has 0 atom stereocenters. The van der Waals surface area contributed by atoms with Gasteiger partial charge in [-0.1, -0.05) is 36.4 Å². The summed E-state index contributed by atoms with van der Waals surface area (Å²) < 4.78 is 5.23. The van der Waals surface area contributed by atoms with Crippen LogP contribution < -0.4 is 4.74 Å². The summed E-state index contributed by atoms with van der Waals surface area (Å²) in [5, 5.41) is 2.39. The normalized spacial score (nSPS) is 8.93. The van der Waals surface area contributed by atoms with E-state index in [0.717, 1.165) is 5.75 Å². The van der Waals surface area contributed by atoms with Gasteiger partial charge in [0, 0.05) is 5.39 Å². The Labute approximate surface area is 84.6 Å². The highest BCUT2D eigenvalue weighted by molar-refractivity contribution is 5.88. The molecule has 14 heavy (non-hydrogen) atoms. The molecule has 0 heterocycles. The molecule has 1 heteroatoms. The molecular formula is C13H14O. The van der Waals surface area contributed by atoms with Crippen molar-refractivity contribution in [1.29, 1.82) is 0 Å². The van der Waals surface area contributed by atoms with Gasteiger partial charge in [0.25, 0.3) is 0 Å². The number of fused-ring (bicyclic) bond motifs is 1. The second kappa shape index (κ2) is 5.07. The molecule has 0 unspecified atom stereocenters. The smallest absolute Gasteiger partial charge is 0.126 e. The first kappa shape index (κ1) is 10.3. The average Bonchev–Trinajstić information content (AvgIpc) is 2.31. The maximum Gasteiger partial charge on any atom is 0.126 e. The van der Waals surface area contributed by atoms with Crippen molar-refractivity contribution in [3.63, 3.8) is 0 Å². The molecule has 0 saturated heterocycles. The summed E-state index contributed by atoms with van der Waals surface area (Å²) in [6.45, 7) is 6.00. The van der Waals surface area contributed by atoms with Crippen molar-refractivity contribution in [3.05, 3.63) is 55.6 Å². The van der Waals surface area contributed by atoms with Crippen molar-refractivity contribution in [2.24, 2.45) is 0 Å². The van der Waals surface area contributed by atoms with Gasteiger partial charge >= 0.3 is 0 Å². The lowest BCUT2D eigenvalue weighted by molar-refractivity contribution is 0.420. The molecule has 0 aliphatic carbocycles. The van der Waals surface area contributed by atoms with Crippen molar-refractivity contribution in [3.8, 4) is 5.75 Å². The predicted molar refractivity (Wildman–Crippen MR) is 61.8 cm³/mol. The summed E-state index contributed by atoms with van der Waals surface area (Å²) in [5.74, 6) is 0.938. The van der Waals surface area contributed by atoms with Crippen LogP contribution in [0.15, 0.2) is 55.6 Å². The van der Waals surface area contributed by atoms with Gasteiger partial charge in [0.1, 0.15) is 5.75 Å². The van der Waals surface area contributed by atoms with Gasteiger partial charge in [0.15, 0.2) is 0 Å². The summed E-state index contributed by atoms with van der Waals surface area (Å²) in [6, 6.07) is 14.2. The highest BCUT2D eigenvalue weighted by atomic mass is 16.5. The van der Waals surface area contributed by atoms with Crippen molar-refractivity contribution in [1.82, 2.24) is 0 Å². The molecule has 0 aliphatic rings. The van der Waals surface area contributed by atoms with Crippen molar-refractivity contribution in [2.75, 3.05) is 7.11 Å². The van der Waals surface area contributed by atoms with E-state index >= 15 is 0 Å². The first-order valence-corrected chi connectivity index (χ1v) is 4.43. The fraction of sp³-hybridized carbons (Fsp3) is 0.0769. The molecule has 0 aliphatic heterocycles. The largest absolute Gasteiger partial charge is 0.496 e. The highest BCUT2D eigenvalue weighted by Gasteiger charge is 1.96. The average molecular weight is 186 g/mol. The van der Waals surface area contributed by atoms with Crippen LogP contribution in [-0.2, 0) is 0 Å². The molecule has 0 aromatic heterocycles. The number of rotatable bonds is 1. The lowest BCUT2D eigenvalue weighted by atomic mass is 10.1. The molecule has 0 saturated carbocycles. The van der Waals surface area contributed by atoms with Gasteiger partial charge in [-0.25, -0.2) is 0 Å². The topological polar surface area (TPSA) is 9.23 Å². The zero-order valence-corrected chi connectivity index (χ0v) is 8.36. The third kappa shape index (κ3) is 1.94. The molecule has 0 spiro atoms. The molecule has 2 rings (SSSR count). The molecule has 0 N–H and O–H groups in total. The zero-order valence-electron chi connectivity index (χ0n) is 8.36. The van der Waals surface area contributed by atoms with Crippen LogP contribution in [-0.4, -0.2) is 7.11 Å². The number of ether oxygens (including phenoxy) is 1. The van der Waals surface area contributed by atoms with Crippen LogP contribution in [0.5, 0.6) is 5.75 Å². The minimum absolute atomic E-state index is 0.938. The lowest BCUT2D eigenvalue weighted by Gasteiger charge is -2.03. The minimum atomic E-state index is 0.938. The van der Waals surface area contributed by atoms with Crippen molar-refractivity contribution >= 4 is 10.8 Å². The Kier molecular flexibility index (Phi) is 3.74. The van der Waals surface area contributed by atoms with E-state index in [1.54, 1.807) is 7.11 Å². The number of methoxy groups -OCH3 is 1. The molecule has 0 radical (unpaired) electrons. The Morgan fingerprint density at radius 2 is 1.57 bits per heavy atom. The third-order valence-corrected chi connectivity index (χ3v) is 1.97. The number of hydrogen-bond donors (Lipinski definition) is 0. The fourth-order valence-electron chi connectivity index (χ4n) is 1.37. The summed E-state index contributed by atoms with van der Waals surface area (Å²) in [7, 11) is 1.70. The van der Waals surface area contributed by atoms with E-state index in [9.17, 15) is 0 Å². The summed E-state index contributed by atoms with van der Waals surface area (Å²) >= 11 is 0. The van der Waals surface area contributed by atoms with Crippen LogP contribution in [0.25, 0.3) is 10.8 Å². The Bertz CT molecular complexity index is 401. The van der Waals surface area contributed by atoms with Crippen LogP contribution in [0.4, 0.5) is 0 Å². The summed E-state index contributed by atoms with van der Waals surface area (Å²) in [4.78, 5) is 0. The van der Waals surface area contributed by atoms with E-state index in [2.05, 4.69) is 31.4 Å². The van der Waals surface area contributed by atoms with Crippen molar-refractivity contribution < 1.29 is 4.74 Å². The molecule has 2 aromatic carbocycles. The molecule has 0 fully saturated rings. The van der Waals surface area contributed by atoms with Crippen LogP contribution >= 0.6 is 0 Å². The SMILES string of the molecule is C=C.COc1cccc2ccccc12. The van der Waals surface area contributed by atoms with E-state index in [4.69, 9.17) is 4.74 Å². The second-order valence-corrected chi connectivity index (χ2v) is 2.68. The van der Waals surface area contributed by atoms with Crippen LogP contribution in [0.3, 0.4) is 0 Å². The molecular weight excluding hydrogens is 172 g/mol. The van der Waals surface area contributed by atoms with Gasteiger partial charge in [-0.05, 0) is 11.5 Å². The first-order valence-electron chi connectivity index (χ1n) is 4.43. The monoisotopic (exact) mass is 186 g/mol. The Morgan fingerprint density at radius 1 is 0.929 bits per heavy atom. The van der Waals surface area contributed by atoms with E-state index in [1.807, 2.05) is 24.3 Å². The Morgan fingerprint density at radius 3 is 2.29 bits per heavy atom.